The van der Waals surface area contributed by atoms with E-state index in [4.69, 9.17) is 21.4 Å². The largest absolute Gasteiger partial charge is 0.465 e. The number of pyridine rings is 1. The van der Waals surface area contributed by atoms with Crippen LogP contribution >= 0.6 is 11.6 Å². The fourth-order valence-electron chi connectivity index (χ4n) is 5.03. The highest BCUT2D eigenvalue weighted by molar-refractivity contribution is 6.30. The molecule has 1 aliphatic rings. The third kappa shape index (κ3) is 9.80. The zero-order valence-corrected chi connectivity index (χ0v) is 24.3. The second kappa shape index (κ2) is 14.9. The number of anilines is 1. The van der Waals surface area contributed by atoms with Gasteiger partial charge < -0.3 is 20.5 Å². The van der Waals surface area contributed by atoms with Crippen LogP contribution in [0, 0.1) is 17.5 Å². The summed E-state index contributed by atoms with van der Waals surface area (Å²) in [5, 5.41) is 14.6. The Balaban J connectivity index is 1.39. The lowest BCUT2D eigenvalue weighted by Gasteiger charge is -2.33. The number of ether oxygens (including phenoxy) is 1. The van der Waals surface area contributed by atoms with Crippen molar-refractivity contribution in [1.29, 1.82) is 0 Å². The van der Waals surface area contributed by atoms with Gasteiger partial charge in [-0.1, -0.05) is 29.8 Å². The number of benzene rings is 2. The molecular formula is C30H29ClF6N4O4. The van der Waals surface area contributed by atoms with Gasteiger partial charge in [-0.05, 0) is 48.2 Å². The highest BCUT2D eigenvalue weighted by Gasteiger charge is 2.35. The molecule has 1 saturated heterocycles. The lowest BCUT2D eigenvalue weighted by atomic mass is 9.88. The van der Waals surface area contributed by atoms with E-state index in [9.17, 15) is 35.9 Å². The SMILES string of the molecule is O=C(C[C@H](c1ccc(F)cc1)c1ccc(Cl)c(F)c1)Nc1cncc(F)c1CC[C@@H]1CN[C@@H](CN(CC(F)(F)F)C(=O)O)CO1. The smallest absolute Gasteiger partial charge is 0.407 e. The van der Waals surface area contributed by atoms with Crippen LogP contribution < -0.4 is 10.6 Å². The van der Waals surface area contributed by atoms with E-state index in [-0.39, 0.29) is 53.6 Å². The van der Waals surface area contributed by atoms with E-state index >= 15 is 0 Å². The molecular weight excluding hydrogens is 630 g/mol. The minimum Gasteiger partial charge on any atom is -0.465 e. The Morgan fingerprint density at radius 3 is 2.42 bits per heavy atom. The maximum atomic E-state index is 14.9. The van der Waals surface area contributed by atoms with Crippen molar-refractivity contribution in [3.05, 3.63) is 94.0 Å². The summed E-state index contributed by atoms with van der Waals surface area (Å²) in [7, 11) is 0. The van der Waals surface area contributed by atoms with Crippen molar-refractivity contribution in [2.24, 2.45) is 0 Å². The van der Waals surface area contributed by atoms with Crippen LogP contribution in [0.4, 0.5) is 36.8 Å². The molecule has 1 aromatic heterocycles. The van der Waals surface area contributed by atoms with Crippen LogP contribution in [0.15, 0.2) is 54.9 Å². The van der Waals surface area contributed by atoms with Crippen LogP contribution in [-0.4, -0.2) is 71.6 Å². The number of aromatic nitrogens is 1. The topological polar surface area (TPSA) is 104 Å². The number of morpholine rings is 1. The number of hydrogen-bond acceptors (Lipinski definition) is 5. The standard InChI is InChI=1S/C30H29ClF6N4O4/c31-24-8-3-18(9-25(24)33)23(17-1-4-19(32)5-2-17)10-28(42)40-27-13-38-12-26(34)22(27)7-6-21-11-39-20(15-45-21)14-41(29(43)44)16-30(35,36)37/h1-5,8-9,12-13,20-21,23,39H,6-7,10-11,14-16H2,(H,40,42)(H,43,44)/t20-,21+,23+/m0/s1. The number of nitrogens with one attached hydrogen (secondary N) is 2. The molecule has 242 valence electrons. The maximum Gasteiger partial charge on any atom is 0.407 e. The van der Waals surface area contributed by atoms with Gasteiger partial charge in [0.25, 0.3) is 0 Å². The Morgan fingerprint density at radius 1 is 1.09 bits per heavy atom. The molecule has 1 aliphatic heterocycles. The molecule has 1 fully saturated rings. The molecule has 0 spiro atoms. The van der Waals surface area contributed by atoms with Crippen LogP contribution in [0.25, 0.3) is 0 Å². The van der Waals surface area contributed by atoms with E-state index in [2.05, 4.69) is 15.6 Å². The first-order valence-electron chi connectivity index (χ1n) is 13.8. The molecule has 8 nitrogen and oxygen atoms in total. The van der Waals surface area contributed by atoms with Gasteiger partial charge in [0, 0.05) is 37.0 Å². The van der Waals surface area contributed by atoms with Gasteiger partial charge >= 0.3 is 12.3 Å². The molecule has 0 saturated carbocycles. The van der Waals surface area contributed by atoms with Crippen LogP contribution in [0.2, 0.25) is 5.02 Å². The average molecular weight is 659 g/mol. The third-order valence-electron chi connectivity index (χ3n) is 7.25. The molecule has 0 radical (unpaired) electrons. The molecule has 0 aliphatic carbocycles. The van der Waals surface area contributed by atoms with E-state index in [1.807, 2.05) is 0 Å². The highest BCUT2D eigenvalue weighted by atomic mass is 35.5. The number of alkyl halides is 3. The van der Waals surface area contributed by atoms with Gasteiger partial charge in [0.1, 0.15) is 24.0 Å². The second-order valence-electron chi connectivity index (χ2n) is 10.6. The lowest BCUT2D eigenvalue weighted by Crippen LogP contribution is -2.53. The Kier molecular flexibility index (Phi) is 11.3. The van der Waals surface area contributed by atoms with Crippen molar-refractivity contribution in [3.8, 4) is 0 Å². The monoisotopic (exact) mass is 658 g/mol. The number of carbonyl (C=O) groups excluding carboxylic acids is 1. The molecule has 3 N–H and O–H groups in total. The minimum atomic E-state index is -4.69. The van der Waals surface area contributed by atoms with Gasteiger partial charge in [-0.25, -0.2) is 18.0 Å². The summed E-state index contributed by atoms with van der Waals surface area (Å²) in [6, 6.07) is 8.82. The molecule has 2 amide bonds. The van der Waals surface area contributed by atoms with Crippen LogP contribution in [0.5, 0.6) is 0 Å². The molecule has 15 heteroatoms. The molecule has 0 bridgehead atoms. The van der Waals surface area contributed by atoms with Gasteiger partial charge in [-0.15, -0.1) is 0 Å². The predicted octanol–water partition coefficient (Wildman–Crippen LogP) is 6.14. The quantitative estimate of drug-likeness (QED) is 0.214. The summed E-state index contributed by atoms with van der Waals surface area (Å²) in [4.78, 5) is 28.5. The second-order valence-corrected chi connectivity index (χ2v) is 11.0. The van der Waals surface area contributed by atoms with Crippen molar-refractivity contribution in [2.45, 2.75) is 43.5 Å². The molecule has 0 unspecified atom stereocenters. The van der Waals surface area contributed by atoms with E-state index in [0.717, 1.165) is 6.20 Å². The molecule has 3 atom stereocenters. The number of halogens is 7. The van der Waals surface area contributed by atoms with Crippen LogP contribution in [-0.2, 0) is 16.0 Å². The summed E-state index contributed by atoms with van der Waals surface area (Å²) < 4.78 is 86.5. The average Bonchev–Trinajstić information content (AvgIpc) is 2.97. The molecule has 3 aromatic rings. The number of hydrogen-bond donors (Lipinski definition) is 3. The summed E-state index contributed by atoms with van der Waals surface area (Å²) in [5.74, 6) is -3.10. The number of nitrogens with zero attached hydrogens (tertiary/aromatic N) is 2. The molecule has 2 aromatic carbocycles. The number of rotatable bonds is 11. The molecule has 45 heavy (non-hydrogen) atoms. The van der Waals surface area contributed by atoms with Crippen molar-refractivity contribution >= 4 is 29.3 Å². The Labute approximate surface area is 259 Å². The van der Waals surface area contributed by atoms with Gasteiger partial charge in [0.05, 0.1) is 35.8 Å². The maximum absolute atomic E-state index is 14.9. The van der Waals surface area contributed by atoms with Crippen molar-refractivity contribution in [3.63, 3.8) is 0 Å². The summed E-state index contributed by atoms with van der Waals surface area (Å²) in [6.45, 7) is -1.93. The van der Waals surface area contributed by atoms with E-state index in [1.165, 1.54) is 42.6 Å². The van der Waals surface area contributed by atoms with Gasteiger partial charge in [0.15, 0.2) is 0 Å². The third-order valence-corrected chi connectivity index (χ3v) is 7.56. The first-order valence-corrected chi connectivity index (χ1v) is 14.2. The van der Waals surface area contributed by atoms with Crippen LogP contribution in [0.3, 0.4) is 0 Å². The van der Waals surface area contributed by atoms with E-state index in [0.29, 0.717) is 11.1 Å². The van der Waals surface area contributed by atoms with E-state index < -0.39 is 66.8 Å². The number of carboxylic acid groups (broad SMARTS) is 1. The first-order chi connectivity index (χ1) is 21.3. The summed E-state index contributed by atoms with van der Waals surface area (Å²) in [5.41, 5.74) is 1.20. The predicted molar refractivity (Wildman–Crippen MR) is 153 cm³/mol. The molecule has 2 heterocycles. The van der Waals surface area contributed by atoms with Crippen molar-refractivity contribution in [1.82, 2.24) is 15.2 Å². The van der Waals surface area contributed by atoms with Crippen LogP contribution in [0.1, 0.15) is 35.4 Å². The Hall–Kier alpha value is -3.88. The van der Waals surface area contributed by atoms with Gasteiger partial charge in [-0.3, -0.25) is 14.7 Å². The molecule has 4 rings (SSSR count). The van der Waals surface area contributed by atoms with Gasteiger partial charge in [0.2, 0.25) is 5.91 Å². The number of carbonyl (C=O) groups is 2. The first kappa shape index (κ1) is 34.0. The Morgan fingerprint density at radius 2 is 1.80 bits per heavy atom. The van der Waals surface area contributed by atoms with E-state index in [1.54, 1.807) is 6.07 Å². The zero-order chi connectivity index (χ0) is 32.7. The summed E-state index contributed by atoms with van der Waals surface area (Å²) >= 11 is 5.82. The van der Waals surface area contributed by atoms with Gasteiger partial charge in [-0.2, -0.15) is 13.2 Å². The lowest BCUT2D eigenvalue weighted by molar-refractivity contribution is -0.143. The minimum absolute atomic E-state index is 0.0647. The highest BCUT2D eigenvalue weighted by Crippen LogP contribution is 2.31. The zero-order valence-electron chi connectivity index (χ0n) is 23.6. The normalized spacial score (nSPS) is 17.5. The summed E-state index contributed by atoms with van der Waals surface area (Å²) in [6.07, 6.45) is -4.45. The van der Waals surface area contributed by atoms with Crippen molar-refractivity contribution < 1.29 is 45.8 Å². The fourth-order valence-corrected chi connectivity index (χ4v) is 5.15. The Bertz CT molecular complexity index is 1490. The number of amides is 2. The van der Waals surface area contributed by atoms with Crippen molar-refractivity contribution in [2.75, 3.05) is 31.6 Å². The fraction of sp³-hybridized carbons (Fsp3) is 0.367.